The molecule has 1 aromatic rings. The topological polar surface area (TPSA) is 78.9 Å². The molecule has 0 saturated carbocycles. The van der Waals surface area contributed by atoms with Gasteiger partial charge in [0.05, 0.1) is 10.7 Å². The van der Waals surface area contributed by atoms with Gasteiger partial charge in [0, 0.05) is 44.5 Å². The third-order valence-electron chi connectivity index (χ3n) is 4.66. The fourth-order valence-corrected chi connectivity index (χ4v) is 4.05. The van der Waals surface area contributed by atoms with Gasteiger partial charge >= 0.3 is 6.09 Å². The van der Waals surface area contributed by atoms with Crippen molar-refractivity contribution in [3.63, 3.8) is 0 Å². The minimum Gasteiger partial charge on any atom is -0.444 e. The number of carbonyl (C=O) groups is 1. The molecule has 7 nitrogen and oxygen atoms in total. The number of aryl methyl sites for hydroxylation is 2. The molecule has 9 heteroatoms. The fraction of sp³-hybridized carbons (Fsp3) is 0.750. The fourth-order valence-electron chi connectivity index (χ4n) is 3.12. The largest absolute Gasteiger partial charge is 0.444 e. The first-order valence-corrected chi connectivity index (χ1v) is 10.8. The Balaban J connectivity index is 0.00000420. The second-order valence-corrected chi connectivity index (χ2v) is 9.60. The van der Waals surface area contributed by atoms with E-state index in [1.807, 2.05) is 32.6 Å². The number of amides is 1. The Labute approximate surface area is 196 Å². The minimum absolute atomic E-state index is 0. The van der Waals surface area contributed by atoms with Crippen molar-refractivity contribution in [2.75, 3.05) is 33.2 Å². The van der Waals surface area contributed by atoms with Crippen LogP contribution in [0, 0.1) is 19.8 Å². The molecular formula is C20H36IN5O2S. The first-order valence-electron chi connectivity index (χ1n) is 10.0. The molecule has 2 rings (SSSR count). The van der Waals surface area contributed by atoms with Crippen LogP contribution in [0.1, 0.15) is 49.2 Å². The van der Waals surface area contributed by atoms with E-state index in [1.54, 1.807) is 18.4 Å². The standard InChI is InChI=1S/C20H35N5O2S.HI/c1-14-15(2)28-17(24-14)9-10-22-18(21-6)23-12-16-8-7-11-25(13-16)19(26)27-20(3,4)5;/h16H,7-13H2,1-6H3,(H2,21,22,23);1H. The van der Waals surface area contributed by atoms with Crippen molar-refractivity contribution < 1.29 is 9.53 Å². The van der Waals surface area contributed by atoms with E-state index in [9.17, 15) is 4.79 Å². The SMILES string of the molecule is CN=C(NCCc1nc(C)c(C)s1)NCC1CCCN(C(=O)OC(C)(C)C)C1.I. The Morgan fingerprint density at radius 1 is 1.34 bits per heavy atom. The van der Waals surface area contributed by atoms with Crippen LogP contribution in [0.3, 0.4) is 0 Å². The summed E-state index contributed by atoms with van der Waals surface area (Å²) in [5.41, 5.74) is 0.664. The van der Waals surface area contributed by atoms with Crippen molar-refractivity contribution in [2.45, 2.75) is 59.5 Å². The Morgan fingerprint density at radius 3 is 2.66 bits per heavy atom. The first kappa shape index (κ1) is 25.9. The number of thiazole rings is 1. The number of halogens is 1. The first-order chi connectivity index (χ1) is 13.2. The molecule has 1 saturated heterocycles. The third-order valence-corrected chi connectivity index (χ3v) is 5.79. The number of aromatic nitrogens is 1. The molecule has 29 heavy (non-hydrogen) atoms. The third kappa shape index (κ3) is 9.06. The summed E-state index contributed by atoms with van der Waals surface area (Å²) >= 11 is 1.76. The van der Waals surface area contributed by atoms with Crippen LogP contribution < -0.4 is 10.6 Å². The zero-order valence-electron chi connectivity index (χ0n) is 18.5. The lowest BCUT2D eigenvalue weighted by Gasteiger charge is -2.34. The van der Waals surface area contributed by atoms with Gasteiger partial charge in [-0.15, -0.1) is 35.3 Å². The second-order valence-electron chi connectivity index (χ2n) is 8.31. The Bertz CT molecular complexity index is 667. The molecule has 1 aliphatic heterocycles. The molecule has 1 atom stereocenters. The maximum atomic E-state index is 12.3. The molecule has 2 N–H and O–H groups in total. The van der Waals surface area contributed by atoms with Crippen molar-refractivity contribution in [1.29, 1.82) is 0 Å². The number of carbonyl (C=O) groups excluding carboxylic acids is 1. The summed E-state index contributed by atoms with van der Waals surface area (Å²) < 4.78 is 5.50. The quantitative estimate of drug-likeness (QED) is 0.340. The van der Waals surface area contributed by atoms with Crippen LogP contribution in [-0.4, -0.2) is 60.8 Å². The number of hydrogen-bond acceptors (Lipinski definition) is 5. The van der Waals surface area contributed by atoms with E-state index in [1.165, 1.54) is 4.88 Å². The Hall–Kier alpha value is -1.10. The van der Waals surface area contributed by atoms with Crippen molar-refractivity contribution in [2.24, 2.45) is 10.9 Å². The summed E-state index contributed by atoms with van der Waals surface area (Å²) in [4.78, 5) is 24.3. The van der Waals surface area contributed by atoms with E-state index in [-0.39, 0.29) is 30.1 Å². The van der Waals surface area contributed by atoms with Crippen LogP contribution in [0.25, 0.3) is 0 Å². The summed E-state index contributed by atoms with van der Waals surface area (Å²) in [5.74, 6) is 1.18. The normalized spacial score (nSPS) is 17.5. The summed E-state index contributed by atoms with van der Waals surface area (Å²) in [6.45, 7) is 12.9. The molecule has 0 spiro atoms. The summed E-state index contributed by atoms with van der Waals surface area (Å²) in [7, 11) is 1.78. The number of guanidine groups is 1. The summed E-state index contributed by atoms with van der Waals surface area (Å²) in [5, 5.41) is 7.90. The second kappa shape index (κ2) is 11.9. The zero-order valence-corrected chi connectivity index (χ0v) is 21.6. The molecule has 0 aromatic carbocycles. The van der Waals surface area contributed by atoms with Crippen LogP contribution in [-0.2, 0) is 11.2 Å². The van der Waals surface area contributed by atoms with Gasteiger partial charge in [-0.25, -0.2) is 9.78 Å². The van der Waals surface area contributed by atoms with Crippen molar-refractivity contribution in [1.82, 2.24) is 20.5 Å². The molecule has 0 radical (unpaired) electrons. The van der Waals surface area contributed by atoms with Gasteiger partial charge in [-0.05, 0) is 53.4 Å². The molecule has 1 aliphatic rings. The maximum absolute atomic E-state index is 12.3. The summed E-state index contributed by atoms with van der Waals surface area (Å²) in [6, 6.07) is 0. The monoisotopic (exact) mass is 537 g/mol. The molecule has 0 aliphatic carbocycles. The van der Waals surface area contributed by atoms with Crippen molar-refractivity contribution in [3.8, 4) is 0 Å². The highest BCUT2D eigenvalue weighted by Crippen LogP contribution is 2.19. The minimum atomic E-state index is -0.456. The lowest BCUT2D eigenvalue weighted by atomic mass is 9.98. The predicted octanol–water partition coefficient (Wildman–Crippen LogP) is 3.73. The maximum Gasteiger partial charge on any atom is 0.410 e. The summed E-state index contributed by atoms with van der Waals surface area (Å²) in [6.07, 6.45) is 2.77. The van der Waals surface area contributed by atoms with Gasteiger partial charge in [0.2, 0.25) is 0 Å². The number of piperidine rings is 1. The van der Waals surface area contributed by atoms with E-state index in [2.05, 4.69) is 27.5 Å². The van der Waals surface area contributed by atoms with Gasteiger partial charge < -0.3 is 20.3 Å². The van der Waals surface area contributed by atoms with Crippen LogP contribution in [0.4, 0.5) is 4.79 Å². The number of aliphatic imine (C=N–C) groups is 1. The van der Waals surface area contributed by atoms with Crippen LogP contribution >= 0.6 is 35.3 Å². The number of rotatable bonds is 5. The van der Waals surface area contributed by atoms with E-state index in [0.717, 1.165) is 62.1 Å². The van der Waals surface area contributed by atoms with Gasteiger partial charge in [-0.1, -0.05) is 0 Å². The molecule has 0 bridgehead atoms. The van der Waals surface area contributed by atoms with Crippen LogP contribution in [0.15, 0.2) is 4.99 Å². The van der Waals surface area contributed by atoms with E-state index in [4.69, 9.17) is 4.74 Å². The van der Waals surface area contributed by atoms with Crippen LogP contribution in [0.5, 0.6) is 0 Å². The number of ether oxygens (including phenoxy) is 1. The van der Waals surface area contributed by atoms with Crippen LogP contribution in [0.2, 0.25) is 0 Å². The van der Waals surface area contributed by atoms with E-state index >= 15 is 0 Å². The van der Waals surface area contributed by atoms with Gasteiger partial charge in [0.25, 0.3) is 0 Å². The molecule has 166 valence electrons. The van der Waals surface area contributed by atoms with Gasteiger partial charge in [0.15, 0.2) is 5.96 Å². The molecule has 1 aromatic heterocycles. The molecule has 1 unspecified atom stereocenters. The molecule has 2 heterocycles. The van der Waals surface area contributed by atoms with Gasteiger partial charge in [-0.3, -0.25) is 4.99 Å². The molecular weight excluding hydrogens is 501 g/mol. The predicted molar refractivity (Wildman–Crippen MR) is 131 cm³/mol. The highest BCUT2D eigenvalue weighted by atomic mass is 127. The van der Waals surface area contributed by atoms with E-state index in [0.29, 0.717) is 5.92 Å². The highest BCUT2D eigenvalue weighted by Gasteiger charge is 2.27. The van der Waals surface area contributed by atoms with E-state index < -0.39 is 5.60 Å². The Kier molecular flexibility index (Phi) is 10.7. The molecule has 1 amide bonds. The number of hydrogen-bond donors (Lipinski definition) is 2. The average molecular weight is 538 g/mol. The van der Waals surface area contributed by atoms with Crippen molar-refractivity contribution >= 4 is 47.4 Å². The zero-order chi connectivity index (χ0) is 20.7. The smallest absolute Gasteiger partial charge is 0.410 e. The lowest BCUT2D eigenvalue weighted by Crippen LogP contribution is -2.47. The van der Waals surface area contributed by atoms with Gasteiger partial charge in [0.1, 0.15) is 5.60 Å². The van der Waals surface area contributed by atoms with Crippen molar-refractivity contribution in [3.05, 3.63) is 15.6 Å². The lowest BCUT2D eigenvalue weighted by molar-refractivity contribution is 0.0168. The van der Waals surface area contributed by atoms with Gasteiger partial charge in [-0.2, -0.15) is 0 Å². The number of nitrogens with one attached hydrogen (secondary N) is 2. The molecule has 1 fully saturated rings. The average Bonchev–Trinajstić information content (AvgIpc) is 2.94. The number of likely N-dealkylation sites (tertiary alicyclic amines) is 1. The highest BCUT2D eigenvalue weighted by molar-refractivity contribution is 14.0. The number of nitrogens with zero attached hydrogens (tertiary/aromatic N) is 3. The Morgan fingerprint density at radius 2 is 2.07 bits per heavy atom.